The molecule has 0 aliphatic carbocycles. The summed E-state index contributed by atoms with van der Waals surface area (Å²) in [7, 11) is 0. The van der Waals surface area contributed by atoms with Gasteiger partial charge in [0, 0.05) is 0 Å². The number of carbonyl (C=O) groups is 2. The zero-order valence-corrected chi connectivity index (χ0v) is 8.95. The van der Waals surface area contributed by atoms with Crippen LogP contribution in [0.4, 0.5) is 4.79 Å². The lowest BCUT2D eigenvalue weighted by molar-refractivity contribution is -0.181. The Labute approximate surface area is 97.6 Å². The van der Waals surface area contributed by atoms with E-state index in [1.807, 2.05) is 0 Å². The Morgan fingerprint density at radius 2 is 2.06 bits per heavy atom. The van der Waals surface area contributed by atoms with E-state index in [1.54, 1.807) is 30.3 Å². The van der Waals surface area contributed by atoms with E-state index in [-0.39, 0.29) is 6.29 Å². The predicted octanol–water partition coefficient (Wildman–Crippen LogP) is -0.255. The summed E-state index contributed by atoms with van der Waals surface area (Å²) in [4.78, 5) is 21.5. The highest BCUT2D eigenvalue weighted by atomic mass is 16.7. The first-order valence-electron chi connectivity index (χ1n) is 4.86. The molecular formula is C11H13NO5. The maximum absolute atomic E-state index is 10.8. The zero-order chi connectivity index (χ0) is 12.9. The van der Waals surface area contributed by atoms with Crippen LogP contribution in [0.1, 0.15) is 11.5 Å². The Kier molecular flexibility index (Phi) is 4.19. The van der Waals surface area contributed by atoms with Crippen molar-refractivity contribution < 1.29 is 24.5 Å². The molecule has 2 atom stereocenters. The smallest absolute Gasteiger partial charge is 0.407 e. The number of hydrogen-bond donors (Lipinski definition) is 3. The van der Waals surface area contributed by atoms with Gasteiger partial charge < -0.3 is 20.7 Å². The molecule has 4 N–H and O–H groups in total. The quantitative estimate of drug-likeness (QED) is 0.484. The summed E-state index contributed by atoms with van der Waals surface area (Å²) in [6, 6.07) is 8.22. The topological polar surface area (TPSA) is 110 Å². The van der Waals surface area contributed by atoms with Gasteiger partial charge >= 0.3 is 6.09 Å². The van der Waals surface area contributed by atoms with Gasteiger partial charge in [-0.2, -0.15) is 0 Å². The monoisotopic (exact) mass is 239 g/mol. The summed E-state index contributed by atoms with van der Waals surface area (Å²) in [5.74, 6) is -3.56. The number of ether oxygens (including phenoxy) is 1. The second-order valence-corrected chi connectivity index (χ2v) is 3.44. The lowest BCUT2D eigenvalue weighted by atomic mass is 9.92. The molecule has 92 valence electrons. The molecule has 1 aromatic rings. The van der Waals surface area contributed by atoms with Gasteiger partial charge in [0.25, 0.3) is 5.79 Å². The average Bonchev–Trinajstić information content (AvgIpc) is 2.30. The molecule has 0 bridgehead atoms. The van der Waals surface area contributed by atoms with Crippen molar-refractivity contribution in [3.63, 3.8) is 0 Å². The molecule has 6 heteroatoms. The Balaban J connectivity index is 3.07. The second-order valence-electron chi connectivity index (χ2n) is 3.44. The fourth-order valence-electron chi connectivity index (χ4n) is 1.50. The van der Waals surface area contributed by atoms with Crippen LogP contribution in [0.3, 0.4) is 0 Å². The third-order valence-electron chi connectivity index (χ3n) is 2.32. The van der Waals surface area contributed by atoms with E-state index in [9.17, 15) is 19.8 Å². The molecule has 6 nitrogen and oxygen atoms in total. The van der Waals surface area contributed by atoms with Crippen LogP contribution in [0, 0.1) is 0 Å². The van der Waals surface area contributed by atoms with Gasteiger partial charge in [-0.1, -0.05) is 30.3 Å². The SMILES string of the molecule is NC(=O)OC(O)(C=O)C(CO)c1ccccc1. The highest BCUT2D eigenvalue weighted by molar-refractivity contribution is 5.71. The number of aldehydes is 1. The first kappa shape index (κ1) is 13.1. The predicted molar refractivity (Wildman–Crippen MR) is 58.0 cm³/mol. The molecule has 0 saturated carbocycles. The Hall–Kier alpha value is -1.92. The first-order valence-corrected chi connectivity index (χ1v) is 4.86. The van der Waals surface area contributed by atoms with Crippen molar-refractivity contribution in [1.29, 1.82) is 0 Å². The molecule has 0 aliphatic heterocycles. The van der Waals surface area contributed by atoms with E-state index in [0.717, 1.165) is 0 Å². The van der Waals surface area contributed by atoms with E-state index in [2.05, 4.69) is 4.74 Å². The largest absolute Gasteiger partial charge is 0.409 e. The van der Waals surface area contributed by atoms with E-state index < -0.39 is 24.4 Å². The molecular weight excluding hydrogens is 226 g/mol. The Morgan fingerprint density at radius 3 is 2.47 bits per heavy atom. The Bertz CT molecular complexity index is 394. The zero-order valence-electron chi connectivity index (χ0n) is 8.95. The number of nitrogens with two attached hydrogens (primary N) is 1. The number of hydrogen-bond acceptors (Lipinski definition) is 5. The van der Waals surface area contributed by atoms with Gasteiger partial charge in [0.15, 0.2) is 6.29 Å². The number of primary amides is 1. The minimum absolute atomic E-state index is 0.0334. The standard InChI is InChI=1S/C11H13NO5/c12-10(15)17-11(16,7-14)9(6-13)8-4-2-1-3-5-8/h1-5,7,9,13,16H,6H2,(H2,12,15). The molecule has 0 saturated heterocycles. The molecule has 0 fully saturated rings. The maximum Gasteiger partial charge on any atom is 0.407 e. The van der Waals surface area contributed by atoms with Gasteiger partial charge in [-0.25, -0.2) is 4.79 Å². The van der Waals surface area contributed by atoms with E-state index >= 15 is 0 Å². The number of amides is 1. The normalized spacial score (nSPS) is 15.6. The summed E-state index contributed by atoms with van der Waals surface area (Å²) >= 11 is 0. The van der Waals surface area contributed by atoms with Crippen LogP contribution in [-0.2, 0) is 9.53 Å². The third kappa shape index (κ3) is 3.02. The number of benzene rings is 1. The van der Waals surface area contributed by atoms with Crippen molar-refractivity contribution in [2.75, 3.05) is 6.61 Å². The molecule has 2 unspecified atom stereocenters. The van der Waals surface area contributed by atoms with Gasteiger partial charge in [-0.3, -0.25) is 4.79 Å². The minimum Gasteiger partial charge on any atom is -0.409 e. The van der Waals surface area contributed by atoms with Crippen molar-refractivity contribution >= 4 is 12.4 Å². The Morgan fingerprint density at radius 1 is 1.47 bits per heavy atom. The van der Waals surface area contributed by atoms with E-state index in [4.69, 9.17) is 5.73 Å². The van der Waals surface area contributed by atoms with Gasteiger partial charge in [0.1, 0.15) is 0 Å². The van der Waals surface area contributed by atoms with Crippen molar-refractivity contribution in [1.82, 2.24) is 0 Å². The fraction of sp³-hybridized carbons (Fsp3) is 0.273. The van der Waals surface area contributed by atoms with E-state index in [0.29, 0.717) is 5.56 Å². The lowest BCUT2D eigenvalue weighted by Crippen LogP contribution is -2.45. The molecule has 1 aromatic carbocycles. The average molecular weight is 239 g/mol. The van der Waals surface area contributed by atoms with E-state index in [1.165, 1.54) is 0 Å². The van der Waals surface area contributed by atoms with Gasteiger partial charge in [-0.15, -0.1) is 0 Å². The number of aliphatic hydroxyl groups is 2. The number of aliphatic hydroxyl groups excluding tert-OH is 1. The third-order valence-corrected chi connectivity index (χ3v) is 2.32. The summed E-state index contributed by atoms with van der Waals surface area (Å²) in [6.45, 7) is -0.577. The van der Waals surface area contributed by atoms with Crippen molar-refractivity contribution in [3.05, 3.63) is 35.9 Å². The van der Waals surface area contributed by atoms with Crippen molar-refractivity contribution in [3.8, 4) is 0 Å². The highest BCUT2D eigenvalue weighted by Crippen LogP contribution is 2.27. The molecule has 0 aromatic heterocycles. The van der Waals surface area contributed by atoms with Crippen LogP contribution in [-0.4, -0.2) is 35.0 Å². The molecule has 0 heterocycles. The first-order chi connectivity index (χ1) is 8.03. The van der Waals surface area contributed by atoms with Crippen LogP contribution in [0.25, 0.3) is 0 Å². The number of carbonyl (C=O) groups excluding carboxylic acids is 2. The lowest BCUT2D eigenvalue weighted by Gasteiger charge is -2.28. The van der Waals surface area contributed by atoms with Crippen LogP contribution in [0.5, 0.6) is 0 Å². The van der Waals surface area contributed by atoms with Crippen LogP contribution >= 0.6 is 0 Å². The number of rotatable bonds is 5. The highest BCUT2D eigenvalue weighted by Gasteiger charge is 2.41. The summed E-state index contributed by atoms with van der Waals surface area (Å²) < 4.78 is 4.36. The molecule has 0 spiro atoms. The molecule has 1 amide bonds. The van der Waals surface area contributed by atoms with Gasteiger partial charge in [-0.05, 0) is 5.56 Å². The molecule has 0 aliphatic rings. The van der Waals surface area contributed by atoms with Gasteiger partial charge in [0.05, 0.1) is 12.5 Å². The van der Waals surface area contributed by atoms with Crippen LogP contribution < -0.4 is 5.73 Å². The van der Waals surface area contributed by atoms with Crippen molar-refractivity contribution in [2.45, 2.75) is 11.7 Å². The van der Waals surface area contributed by atoms with Gasteiger partial charge in [0.2, 0.25) is 0 Å². The molecule has 1 rings (SSSR count). The van der Waals surface area contributed by atoms with Crippen LogP contribution in [0.2, 0.25) is 0 Å². The molecule has 0 radical (unpaired) electrons. The van der Waals surface area contributed by atoms with Crippen LogP contribution in [0.15, 0.2) is 30.3 Å². The maximum atomic E-state index is 10.8. The second kappa shape index (κ2) is 5.42. The minimum atomic E-state index is -2.47. The summed E-state index contributed by atoms with van der Waals surface area (Å²) in [5, 5.41) is 19.1. The van der Waals surface area contributed by atoms with Crippen molar-refractivity contribution in [2.24, 2.45) is 5.73 Å². The molecule has 17 heavy (non-hydrogen) atoms. The summed E-state index contributed by atoms with van der Waals surface area (Å²) in [5.41, 5.74) is 5.21. The summed E-state index contributed by atoms with van der Waals surface area (Å²) in [6.07, 6.45) is -1.26. The fourth-order valence-corrected chi connectivity index (χ4v) is 1.50.